The van der Waals surface area contributed by atoms with Crippen LogP contribution in [-0.2, 0) is 23.9 Å². The molecule has 0 aliphatic heterocycles. The van der Waals surface area contributed by atoms with E-state index in [0.717, 1.165) is 14.2 Å². The van der Waals surface area contributed by atoms with Crippen molar-refractivity contribution in [1.82, 2.24) is 0 Å². The first-order valence-corrected chi connectivity index (χ1v) is 4.49. The lowest BCUT2D eigenvalue weighted by Gasteiger charge is -2.14. The molecule has 0 N–H and O–H groups in total. The number of hydrogen-bond acceptors (Lipinski definition) is 5. The number of methoxy groups -OCH3 is 2. The average molecular weight is 256 g/mol. The molecule has 0 spiro atoms. The SMILES string of the molecule is COC(=O)CCC(C(=O)OC)C(=O)C(F)(F)F. The highest BCUT2D eigenvalue weighted by Crippen LogP contribution is 2.24. The fraction of sp³-hybridized carbons (Fsp3) is 0.667. The van der Waals surface area contributed by atoms with E-state index in [1.807, 2.05) is 0 Å². The van der Waals surface area contributed by atoms with Crippen molar-refractivity contribution in [1.29, 1.82) is 0 Å². The number of ether oxygens (including phenoxy) is 2. The predicted octanol–water partition coefficient (Wildman–Crippen LogP) is 0.860. The molecule has 8 heteroatoms. The van der Waals surface area contributed by atoms with E-state index in [2.05, 4.69) is 9.47 Å². The van der Waals surface area contributed by atoms with Crippen LogP contribution in [0.3, 0.4) is 0 Å². The van der Waals surface area contributed by atoms with E-state index in [1.165, 1.54) is 0 Å². The summed E-state index contributed by atoms with van der Waals surface area (Å²) in [6.07, 6.45) is -6.22. The van der Waals surface area contributed by atoms with Gasteiger partial charge in [-0.15, -0.1) is 0 Å². The van der Waals surface area contributed by atoms with Crippen LogP contribution in [-0.4, -0.2) is 38.1 Å². The van der Waals surface area contributed by atoms with Crippen LogP contribution in [0.1, 0.15) is 12.8 Å². The largest absolute Gasteiger partial charge is 0.469 e. The second-order valence-corrected chi connectivity index (χ2v) is 3.05. The number of hydrogen-bond donors (Lipinski definition) is 0. The number of rotatable bonds is 5. The molecule has 0 aromatic carbocycles. The second-order valence-electron chi connectivity index (χ2n) is 3.05. The Morgan fingerprint density at radius 2 is 1.65 bits per heavy atom. The summed E-state index contributed by atoms with van der Waals surface area (Å²) in [4.78, 5) is 32.6. The lowest BCUT2D eigenvalue weighted by molar-refractivity contribution is -0.180. The van der Waals surface area contributed by atoms with E-state index in [4.69, 9.17) is 0 Å². The number of halogens is 3. The van der Waals surface area contributed by atoms with E-state index >= 15 is 0 Å². The van der Waals surface area contributed by atoms with Gasteiger partial charge in [0.05, 0.1) is 14.2 Å². The fourth-order valence-electron chi connectivity index (χ4n) is 1.06. The Labute approximate surface area is 94.9 Å². The fourth-order valence-corrected chi connectivity index (χ4v) is 1.06. The quantitative estimate of drug-likeness (QED) is 0.539. The molecular weight excluding hydrogens is 245 g/mol. The molecule has 1 atom stereocenters. The Morgan fingerprint density at radius 3 is 2.00 bits per heavy atom. The van der Waals surface area contributed by atoms with Crippen LogP contribution >= 0.6 is 0 Å². The maximum absolute atomic E-state index is 12.1. The zero-order valence-corrected chi connectivity index (χ0v) is 9.17. The van der Waals surface area contributed by atoms with Crippen LogP contribution < -0.4 is 0 Å². The maximum Gasteiger partial charge on any atom is 0.450 e. The molecule has 0 saturated carbocycles. The van der Waals surface area contributed by atoms with Gasteiger partial charge in [0.25, 0.3) is 0 Å². The first-order chi connectivity index (χ1) is 7.73. The monoisotopic (exact) mass is 256 g/mol. The van der Waals surface area contributed by atoms with Gasteiger partial charge in [-0.25, -0.2) is 0 Å². The van der Waals surface area contributed by atoms with Crippen molar-refractivity contribution in [2.24, 2.45) is 5.92 Å². The van der Waals surface area contributed by atoms with Crippen molar-refractivity contribution in [2.45, 2.75) is 19.0 Å². The van der Waals surface area contributed by atoms with Gasteiger partial charge in [-0.3, -0.25) is 14.4 Å². The number of esters is 2. The Hall–Kier alpha value is -1.60. The number of carbonyl (C=O) groups is 3. The molecular formula is C9H11F3O5. The molecule has 0 bridgehead atoms. The minimum absolute atomic E-state index is 0.474. The topological polar surface area (TPSA) is 69.7 Å². The molecule has 0 radical (unpaired) electrons. The predicted molar refractivity (Wildman–Crippen MR) is 47.8 cm³/mol. The summed E-state index contributed by atoms with van der Waals surface area (Å²) >= 11 is 0. The molecule has 0 fully saturated rings. The highest BCUT2D eigenvalue weighted by Gasteiger charge is 2.46. The van der Waals surface area contributed by atoms with Crippen LogP contribution in [0.25, 0.3) is 0 Å². The van der Waals surface area contributed by atoms with Crippen molar-refractivity contribution in [3.05, 3.63) is 0 Å². The van der Waals surface area contributed by atoms with Crippen LogP contribution in [0.4, 0.5) is 13.2 Å². The molecule has 0 amide bonds. The van der Waals surface area contributed by atoms with Crippen molar-refractivity contribution < 1.29 is 37.0 Å². The summed E-state index contributed by atoms with van der Waals surface area (Å²) in [5.74, 6) is -6.39. The Morgan fingerprint density at radius 1 is 1.12 bits per heavy atom. The third kappa shape index (κ3) is 4.83. The minimum atomic E-state index is -5.14. The van der Waals surface area contributed by atoms with Crippen LogP contribution in [0.5, 0.6) is 0 Å². The van der Waals surface area contributed by atoms with E-state index in [0.29, 0.717) is 0 Å². The van der Waals surface area contributed by atoms with Crippen molar-refractivity contribution in [3.63, 3.8) is 0 Å². The zero-order chi connectivity index (χ0) is 13.6. The first-order valence-electron chi connectivity index (χ1n) is 4.49. The molecule has 0 aliphatic rings. The van der Waals surface area contributed by atoms with Gasteiger partial charge >= 0.3 is 18.1 Å². The standard InChI is InChI=1S/C9H11F3O5/c1-16-6(13)4-3-5(8(15)17-2)7(14)9(10,11)12/h5H,3-4H2,1-2H3. The van der Waals surface area contributed by atoms with E-state index < -0.39 is 42.7 Å². The molecule has 0 aromatic heterocycles. The summed E-state index contributed by atoms with van der Waals surface area (Å²) in [5.41, 5.74) is 0. The Bertz CT molecular complexity index is 310. The van der Waals surface area contributed by atoms with Gasteiger partial charge in [-0.1, -0.05) is 0 Å². The number of ketones is 1. The summed E-state index contributed by atoms with van der Waals surface area (Å²) < 4.78 is 44.7. The average Bonchev–Trinajstić information content (AvgIpc) is 2.26. The van der Waals surface area contributed by atoms with Crippen molar-refractivity contribution >= 4 is 17.7 Å². The van der Waals surface area contributed by atoms with Gasteiger partial charge in [0.15, 0.2) is 0 Å². The summed E-state index contributed by atoms with van der Waals surface area (Å²) in [6.45, 7) is 0. The lowest BCUT2D eigenvalue weighted by Crippen LogP contribution is -2.36. The zero-order valence-electron chi connectivity index (χ0n) is 9.17. The number of Topliss-reactive ketones (excluding diaryl/α,β-unsaturated/α-hetero) is 1. The lowest BCUT2D eigenvalue weighted by atomic mass is 9.98. The van der Waals surface area contributed by atoms with Crippen LogP contribution in [0, 0.1) is 5.92 Å². The van der Waals surface area contributed by atoms with Crippen LogP contribution in [0.2, 0.25) is 0 Å². The van der Waals surface area contributed by atoms with Gasteiger partial charge in [0, 0.05) is 6.42 Å². The number of carbonyl (C=O) groups excluding carboxylic acids is 3. The third-order valence-corrected chi connectivity index (χ3v) is 1.95. The Balaban J connectivity index is 4.72. The third-order valence-electron chi connectivity index (χ3n) is 1.95. The molecule has 0 aliphatic carbocycles. The van der Waals surface area contributed by atoms with Crippen LogP contribution in [0.15, 0.2) is 0 Å². The normalized spacial score (nSPS) is 12.8. The maximum atomic E-state index is 12.1. The van der Waals surface area contributed by atoms with Gasteiger partial charge in [0.2, 0.25) is 5.78 Å². The summed E-state index contributed by atoms with van der Waals surface area (Å²) in [7, 11) is 1.90. The van der Waals surface area contributed by atoms with Gasteiger partial charge < -0.3 is 9.47 Å². The Kier molecular flexibility index (Phi) is 5.63. The van der Waals surface area contributed by atoms with Gasteiger partial charge in [0.1, 0.15) is 5.92 Å². The molecule has 0 heterocycles. The highest BCUT2D eigenvalue weighted by molar-refractivity contribution is 6.02. The first kappa shape index (κ1) is 15.4. The molecule has 0 saturated heterocycles. The van der Waals surface area contributed by atoms with Gasteiger partial charge in [-0.05, 0) is 6.42 Å². The highest BCUT2D eigenvalue weighted by atomic mass is 19.4. The van der Waals surface area contributed by atoms with Crippen molar-refractivity contribution in [2.75, 3.05) is 14.2 Å². The van der Waals surface area contributed by atoms with Gasteiger partial charge in [-0.2, -0.15) is 13.2 Å². The summed E-state index contributed by atoms with van der Waals surface area (Å²) in [6, 6.07) is 0. The molecule has 1 unspecified atom stereocenters. The molecule has 98 valence electrons. The van der Waals surface area contributed by atoms with E-state index in [9.17, 15) is 27.6 Å². The number of alkyl halides is 3. The summed E-state index contributed by atoms with van der Waals surface area (Å²) in [5, 5.41) is 0. The molecule has 17 heavy (non-hydrogen) atoms. The second kappa shape index (κ2) is 6.21. The van der Waals surface area contributed by atoms with Crippen molar-refractivity contribution in [3.8, 4) is 0 Å². The van der Waals surface area contributed by atoms with E-state index in [1.54, 1.807) is 0 Å². The smallest absolute Gasteiger partial charge is 0.450 e. The minimum Gasteiger partial charge on any atom is -0.469 e. The van der Waals surface area contributed by atoms with E-state index in [-0.39, 0.29) is 0 Å². The molecule has 0 aromatic rings. The molecule has 5 nitrogen and oxygen atoms in total. The molecule has 0 rings (SSSR count).